The molecule has 0 aromatic carbocycles. The molecule has 7 heteroatoms. The molecule has 1 heterocycles. The smallest absolute Gasteiger partial charge is 0.450 e. The van der Waals surface area contributed by atoms with Gasteiger partial charge in [-0.3, -0.25) is 4.79 Å². The van der Waals surface area contributed by atoms with Crippen LogP contribution in [0.15, 0.2) is 0 Å². The van der Waals surface area contributed by atoms with Gasteiger partial charge in [0.05, 0.1) is 11.0 Å². The highest BCUT2D eigenvalue weighted by atomic mass is 127. The van der Waals surface area contributed by atoms with Crippen LogP contribution in [-0.2, 0) is 9.53 Å². The summed E-state index contributed by atoms with van der Waals surface area (Å²) < 4.78 is 4.57. The van der Waals surface area contributed by atoms with Gasteiger partial charge in [0.15, 0.2) is 0 Å². The van der Waals surface area contributed by atoms with Crippen molar-refractivity contribution < 1.29 is 19.4 Å². The summed E-state index contributed by atoms with van der Waals surface area (Å²) in [6.45, 7) is 5.50. The average molecular weight is 344 g/mol. The number of carboxylic acid groups (broad SMARTS) is 1. The van der Waals surface area contributed by atoms with Gasteiger partial charge in [0, 0.05) is 26.2 Å². The van der Waals surface area contributed by atoms with E-state index in [1.54, 1.807) is 6.92 Å². The molecular formula is C9H17IN2O4. The predicted octanol–water partition coefficient (Wildman–Crippen LogP) is 0.554. The van der Waals surface area contributed by atoms with Crippen LogP contribution in [0.25, 0.3) is 0 Å². The van der Waals surface area contributed by atoms with Crippen molar-refractivity contribution in [3.05, 3.63) is 0 Å². The molecule has 0 aliphatic carbocycles. The maximum Gasteiger partial charge on any atom is 0.505 e. The normalized spacial score (nSPS) is 14.8. The number of hydrogen-bond acceptors (Lipinski definition) is 4. The summed E-state index contributed by atoms with van der Waals surface area (Å²) in [5.74, 6) is 0.266. The molecule has 6 nitrogen and oxygen atoms in total. The van der Waals surface area contributed by atoms with Crippen molar-refractivity contribution in [2.45, 2.75) is 6.92 Å². The van der Waals surface area contributed by atoms with Crippen LogP contribution in [0, 0.1) is 0 Å². The lowest BCUT2D eigenvalue weighted by Gasteiger charge is -2.26. The van der Waals surface area contributed by atoms with Crippen LogP contribution in [0.4, 0.5) is 4.79 Å². The second kappa shape index (κ2) is 9.64. The molecule has 0 spiro atoms. The minimum absolute atomic E-state index is 0.231. The molecule has 2 N–H and O–H groups in total. The van der Waals surface area contributed by atoms with Gasteiger partial charge in [-0.15, -0.1) is 0 Å². The monoisotopic (exact) mass is 344 g/mol. The van der Waals surface area contributed by atoms with E-state index in [-0.39, 0.29) is 12.5 Å². The first-order valence-corrected chi connectivity index (χ1v) is 6.54. The number of rotatable bonds is 2. The second-order valence-electron chi connectivity index (χ2n) is 2.96. The zero-order valence-corrected chi connectivity index (χ0v) is 11.4. The summed E-state index contributed by atoms with van der Waals surface area (Å²) in [4.78, 5) is 22.3. The van der Waals surface area contributed by atoms with E-state index >= 15 is 0 Å². The number of nitrogens with zero attached hydrogens (tertiary/aromatic N) is 1. The van der Waals surface area contributed by atoms with Crippen molar-refractivity contribution in [1.29, 1.82) is 0 Å². The van der Waals surface area contributed by atoms with E-state index in [1.165, 1.54) is 0 Å². The molecule has 0 aromatic heterocycles. The number of alkyl halides is 1. The van der Waals surface area contributed by atoms with Crippen molar-refractivity contribution in [1.82, 2.24) is 10.2 Å². The number of ether oxygens (including phenoxy) is 1. The van der Waals surface area contributed by atoms with E-state index in [0.717, 1.165) is 26.2 Å². The van der Waals surface area contributed by atoms with Crippen LogP contribution < -0.4 is 5.32 Å². The highest BCUT2D eigenvalue weighted by Gasteiger charge is 2.13. The molecule has 0 aromatic rings. The van der Waals surface area contributed by atoms with E-state index in [1.807, 2.05) is 4.90 Å². The molecule has 1 saturated heterocycles. The molecule has 1 aliphatic rings. The minimum atomic E-state index is -1.21. The van der Waals surface area contributed by atoms with Crippen molar-refractivity contribution in [3.8, 4) is 0 Å². The largest absolute Gasteiger partial charge is 0.505 e. The standard InChI is InChI=1S/C6H11IN2O.C3H6O3/c7-5-6(10)9-3-1-8-2-4-9;1-2-6-3(4)5/h8H,1-5H2;2H2,1H3,(H,4,5). The molecule has 1 aliphatic heterocycles. The van der Waals surface area contributed by atoms with Crippen LogP contribution >= 0.6 is 22.6 Å². The molecular weight excluding hydrogens is 327 g/mol. The van der Waals surface area contributed by atoms with Gasteiger partial charge < -0.3 is 20.1 Å². The number of amides is 1. The second-order valence-corrected chi connectivity index (χ2v) is 3.73. The van der Waals surface area contributed by atoms with Crippen molar-refractivity contribution in [2.75, 3.05) is 37.2 Å². The lowest BCUT2D eigenvalue weighted by atomic mass is 10.4. The lowest BCUT2D eigenvalue weighted by Crippen LogP contribution is -2.46. The molecule has 1 amide bonds. The first kappa shape index (κ1) is 15.4. The minimum Gasteiger partial charge on any atom is -0.450 e. The highest BCUT2D eigenvalue weighted by Crippen LogP contribution is 1.95. The van der Waals surface area contributed by atoms with Crippen molar-refractivity contribution in [2.24, 2.45) is 0 Å². The Kier molecular flexibility index (Phi) is 9.30. The molecule has 0 radical (unpaired) electrons. The molecule has 1 fully saturated rings. The SMILES string of the molecule is CCOC(=O)O.O=C(CI)N1CCNCC1. The average Bonchev–Trinajstić information content (AvgIpc) is 2.30. The van der Waals surface area contributed by atoms with Crippen LogP contribution in [0.5, 0.6) is 0 Å². The summed E-state index contributed by atoms with van der Waals surface area (Å²) in [5.41, 5.74) is 0. The molecule has 0 saturated carbocycles. The van der Waals surface area contributed by atoms with Crippen LogP contribution in [0.2, 0.25) is 0 Å². The van der Waals surface area contributed by atoms with Gasteiger partial charge in [0.25, 0.3) is 0 Å². The van der Waals surface area contributed by atoms with Gasteiger partial charge in [-0.05, 0) is 6.92 Å². The Morgan fingerprint density at radius 1 is 1.44 bits per heavy atom. The Labute approximate surface area is 108 Å². The van der Waals surface area contributed by atoms with E-state index in [2.05, 4.69) is 32.6 Å². The maximum atomic E-state index is 11.1. The molecule has 0 bridgehead atoms. The van der Waals surface area contributed by atoms with Gasteiger partial charge in [-0.1, -0.05) is 22.6 Å². The lowest BCUT2D eigenvalue weighted by molar-refractivity contribution is -0.128. The zero-order chi connectivity index (χ0) is 12.4. The van der Waals surface area contributed by atoms with Crippen molar-refractivity contribution >= 4 is 34.7 Å². The summed E-state index contributed by atoms with van der Waals surface area (Å²) in [6.07, 6.45) is -1.21. The van der Waals surface area contributed by atoms with E-state index < -0.39 is 6.16 Å². The number of piperazine rings is 1. The Morgan fingerprint density at radius 2 is 2.00 bits per heavy atom. The number of carbonyl (C=O) groups is 2. The highest BCUT2D eigenvalue weighted by molar-refractivity contribution is 14.1. The summed E-state index contributed by atoms with van der Waals surface area (Å²) in [7, 11) is 0. The van der Waals surface area contributed by atoms with Gasteiger partial charge in [-0.25, -0.2) is 4.79 Å². The van der Waals surface area contributed by atoms with Gasteiger partial charge in [0.2, 0.25) is 5.91 Å². The predicted molar refractivity (Wildman–Crippen MR) is 68.0 cm³/mol. The fraction of sp³-hybridized carbons (Fsp3) is 0.778. The topological polar surface area (TPSA) is 78.9 Å². The summed E-state index contributed by atoms with van der Waals surface area (Å²) in [5, 5.41) is 10.9. The fourth-order valence-electron chi connectivity index (χ4n) is 1.12. The Hall–Kier alpha value is -0.570. The molecule has 16 heavy (non-hydrogen) atoms. The Morgan fingerprint density at radius 3 is 2.31 bits per heavy atom. The number of hydrogen-bond donors (Lipinski definition) is 2. The zero-order valence-electron chi connectivity index (χ0n) is 9.24. The molecule has 0 unspecified atom stereocenters. The third kappa shape index (κ3) is 7.69. The van der Waals surface area contributed by atoms with Crippen LogP contribution in [0.3, 0.4) is 0 Å². The molecule has 94 valence electrons. The quantitative estimate of drug-likeness (QED) is 0.435. The van der Waals surface area contributed by atoms with Gasteiger partial charge in [0.1, 0.15) is 0 Å². The van der Waals surface area contributed by atoms with E-state index in [0.29, 0.717) is 4.43 Å². The fourth-order valence-corrected chi connectivity index (χ4v) is 1.60. The first-order chi connectivity index (χ1) is 7.61. The Balaban J connectivity index is 0.000000325. The van der Waals surface area contributed by atoms with E-state index in [4.69, 9.17) is 5.11 Å². The van der Waals surface area contributed by atoms with E-state index in [9.17, 15) is 9.59 Å². The number of nitrogens with one attached hydrogen (secondary N) is 1. The molecule has 1 rings (SSSR count). The molecule has 0 atom stereocenters. The first-order valence-electron chi connectivity index (χ1n) is 5.02. The third-order valence-corrected chi connectivity index (χ3v) is 2.50. The van der Waals surface area contributed by atoms with Crippen LogP contribution in [0.1, 0.15) is 6.92 Å². The van der Waals surface area contributed by atoms with Crippen molar-refractivity contribution in [3.63, 3.8) is 0 Å². The van der Waals surface area contributed by atoms with Gasteiger partial charge >= 0.3 is 6.16 Å². The van der Waals surface area contributed by atoms with Crippen LogP contribution in [-0.4, -0.2) is 59.3 Å². The third-order valence-electron chi connectivity index (χ3n) is 1.85. The maximum absolute atomic E-state index is 11.1. The summed E-state index contributed by atoms with van der Waals surface area (Å²) in [6, 6.07) is 0. The number of halogens is 1. The van der Waals surface area contributed by atoms with Gasteiger partial charge in [-0.2, -0.15) is 0 Å². The summed E-state index contributed by atoms with van der Waals surface area (Å²) >= 11 is 2.10. The Bertz CT molecular complexity index is 220. The number of carbonyl (C=O) groups excluding carboxylic acids is 1.